The zero-order valence-corrected chi connectivity index (χ0v) is 20.7. The number of likely N-dealkylation sites (tertiary alicyclic amines) is 1. The van der Waals surface area contributed by atoms with Gasteiger partial charge in [-0.15, -0.1) is 0 Å². The van der Waals surface area contributed by atoms with Crippen LogP contribution in [0.2, 0.25) is 0 Å². The second-order valence-electron chi connectivity index (χ2n) is 9.15. The van der Waals surface area contributed by atoms with Crippen molar-refractivity contribution >= 4 is 5.91 Å². The highest BCUT2D eigenvalue weighted by molar-refractivity contribution is 5.79. The van der Waals surface area contributed by atoms with Crippen LogP contribution in [0.25, 0.3) is 0 Å². The Morgan fingerprint density at radius 1 is 0.824 bits per heavy atom. The summed E-state index contributed by atoms with van der Waals surface area (Å²) in [4.78, 5) is 20.2. The van der Waals surface area contributed by atoms with Crippen molar-refractivity contribution in [1.29, 1.82) is 0 Å². The second kappa shape index (κ2) is 11.6. The number of amides is 1. The maximum Gasteiger partial charge on any atom is 0.227 e. The number of rotatable bonds is 8. The van der Waals surface area contributed by atoms with Crippen molar-refractivity contribution in [2.75, 3.05) is 60.6 Å². The van der Waals surface area contributed by atoms with E-state index in [0.717, 1.165) is 70.8 Å². The third-order valence-corrected chi connectivity index (χ3v) is 6.97. The summed E-state index contributed by atoms with van der Waals surface area (Å²) in [5.74, 6) is 2.41. The van der Waals surface area contributed by atoms with Crippen LogP contribution < -0.4 is 14.2 Å². The Bertz CT molecular complexity index is 944. The monoisotopic (exact) mass is 467 g/mol. The molecule has 0 bridgehead atoms. The van der Waals surface area contributed by atoms with Gasteiger partial charge in [0.25, 0.3) is 0 Å². The van der Waals surface area contributed by atoms with E-state index in [1.165, 1.54) is 5.56 Å². The predicted molar refractivity (Wildman–Crippen MR) is 132 cm³/mol. The van der Waals surface area contributed by atoms with Crippen molar-refractivity contribution in [3.05, 3.63) is 53.6 Å². The van der Waals surface area contributed by atoms with Gasteiger partial charge in [0.2, 0.25) is 11.7 Å². The fourth-order valence-electron chi connectivity index (χ4n) is 5.16. The average molecular weight is 468 g/mol. The van der Waals surface area contributed by atoms with E-state index in [9.17, 15) is 4.79 Å². The number of piperidine rings is 1. The number of methoxy groups -OCH3 is 3. The van der Waals surface area contributed by atoms with Crippen LogP contribution in [-0.4, -0.2) is 81.2 Å². The summed E-state index contributed by atoms with van der Waals surface area (Å²) in [5.41, 5.74) is 2.37. The Balaban J connectivity index is 1.31. The molecular weight excluding hydrogens is 430 g/mol. The summed E-state index contributed by atoms with van der Waals surface area (Å²) in [5, 5.41) is 0. The number of carbonyl (C=O) groups excluding carboxylic acids is 1. The maximum atomic E-state index is 13.3. The van der Waals surface area contributed by atoms with Gasteiger partial charge in [0.1, 0.15) is 0 Å². The molecule has 4 rings (SSSR count). The first-order chi connectivity index (χ1) is 16.6. The molecular formula is C27H37N3O4. The number of hydrogen-bond acceptors (Lipinski definition) is 6. The van der Waals surface area contributed by atoms with Gasteiger partial charge in [-0.1, -0.05) is 36.4 Å². The molecule has 1 unspecified atom stereocenters. The molecule has 1 atom stereocenters. The molecule has 2 aliphatic rings. The Kier molecular flexibility index (Phi) is 8.29. The molecule has 7 nitrogen and oxygen atoms in total. The lowest BCUT2D eigenvalue weighted by atomic mass is 9.95. The molecule has 2 aromatic rings. The van der Waals surface area contributed by atoms with Crippen molar-refractivity contribution in [3.8, 4) is 17.2 Å². The molecule has 34 heavy (non-hydrogen) atoms. The molecule has 0 aliphatic carbocycles. The Morgan fingerprint density at radius 3 is 2.24 bits per heavy atom. The van der Waals surface area contributed by atoms with Crippen LogP contribution in [0.3, 0.4) is 0 Å². The Morgan fingerprint density at radius 2 is 1.56 bits per heavy atom. The molecule has 2 heterocycles. The number of benzene rings is 2. The fraction of sp³-hybridized carbons (Fsp3) is 0.519. The molecule has 2 aliphatic heterocycles. The predicted octanol–water partition coefficient (Wildman–Crippen LogP) is 3.27. The van der Waals surface area contributed by atoms with E-state index < -0.39 is 0 Å². The van der Waals surface area contributed by atoms with Crippen molar-refractivity contribution in [3.63, 3.8) is 0 Å². The van der Waals surface area contributed by atoms with Crippen molar-refractivity contribution in [2.24, 2.45) is 5.92 Å². The molecule has 0 aromatic heterocycles. The number of piperazine rings is 1. The molecule has 2 fully saturated rings. The summed E-state index contributed by atoms with van der Waals surface area (Å²) in [6.45, 7) is 6.84. The van der Waals surface area contributed by atoms with Crippen LogP contribution in [0.4, 0.5) is 0 Å². The molecule has 2 aromatic carbocycles. The summed E-state index contributed by atoms with van der Waals surface area (Å²) >= 11 is 0. The molecule has 0 saturated carbocycles. The first-order valence-corrected chi connectivity index (χ1v) is 12.2. The number of hydrogen-bond donors (Lipinski definition) is 0. The number of ether oxygens (including phenoxy) is 3. The maximum absolute atomic E-state index is 13.3. The van der Waals surface area contributed by atoms with Gasteiger partial charge in [0.05, 0.1) is 27.2 Å². The van der Waals surface area contributed by atoms with Crippen molar-refractivity contribution < 1.29 is 19.0 Å². The lowest BCUT2D eigenvalue weighted by Crippen LogP contribution is -2.52. The third-order valence-electron chi connectivity index (χ3n) is 6.97. The smallest absolute Gasteiger partial charge is 0.227 e. The second-order valence-corrected chi connectivity index (χ2v) is 9.15. The summed E-state index contributed by atoms with van der Waals surface area (Å²) in [7, 11) is 4.91. The lowest BCUT2D eigenvalue weighted by Gasteiger charge is -2.39. The van der Waals surface area contributed by atoms with E-state index in [2.05, 4.69) is 39.0 Å². The van der Waals surface area contributed by atoms with Gasteiger partial charge in [-0.05, 0) is 31.0 Å². The van der Waals surface area contributed by atoms with Gasteiger partial charge in [0.15, 0.2) is 11.5 Å². The largest absolute Gasteiger partial charge is 0.493 e. The summed E-state index contributed by atoms with van der Waals surface area (Å²) in [6.07, 6.45) is 2.08. The Labute approximate surface area is 203 Å². The van der Waals surface area contributed by atoms with Gasteiger partial charge in [0, 0.05) is 51.4 Å². The molecule has 0 N–H and O–H groups in total. The molecule has 184 valence electrons. The fourth-order valence-corrected chi connectivity index (χ4v) is 5.16. The average Bonchev–Trinajstić information content (AvgIpc) is 2.89. The third kappa shape index (κ3) is 5.65. The van der Waals surface area contributed by atoms with Crippen LogP contribution >= 0.6 is 0 Å². The quantitative estimate of drug-likeness (QED) is 0.594. The highest BCUT2D eigenvalue weighted by atomic mass is 16.5. The van der Waals surface area contributed by atoms with Crippen LogP contribution in [0.5, 0.6) is 17.2 Å². The highest BCUT2D eigenvalue weighted by Crippen LogP contribution is 2.40. The van der Waals surface area contributed by atoms with E-state index in [-0.39, 0.29) is 5.92 Å². The first-order valence-electron chi connectivity index (χ1n) is 12.2. The van der Waals surface area contributed by atoms with E-state index in [1.54, 1.807) is 21.3 Å². The summed E-state index contributed by atoms with van der Waals surface area (Å²) in [6, 6.07) is 14.5. The van der Waals surface area contributed by atoms with Crippen LogP contribution in [0.15, 0.2) is 42.5 Å². The van der Waals surface area contributed by atoms with Gasteiger partial charge < -0.3 is 19.1 Å². The molecule has 0 radical (unpaired) electrons. The number of carbonyl (C=O) groups is 1. The van der Waals surface area contributed by atoms with Crippen LogP contribution in [0.1, 0.15) is 24.0 Å². The molecule has 0 spiro atoms. The highest BCUT2D eigenvalue weighted by Gasteiger charge is 2.31. The van der Waals surface area contributed by atoms with Crippen molar-refractivity contribution in [2.45, 2.75) is 25.9 Å². The van der Waals surface area contributed by atoms with Gasteiger partial charge >= 0.3 is 0 Å². The zero-order valence-electron chi connectivity index (χ0n) is 20.7. The van der Waals surface area contributed by atoms with E-state index in [1.807, 2.05) is 18.2 Å². The minimum absolute atomic E-state index is 0.106. The molecule has 1 amide bonds. The van der Waals surface area contributed by atoms with Gasteiger partial charge in [-0.25, -0.2) is 0 Å². The molecule has 7 heteroatoms. The number of nitrogens with zero attached hydrogens (tertiary/aromatic N) is 3. The van der Waals surface area contributed by atoms with Crippen LogP contribution in [0, 0.1) is 5.92 Å². The standard InChI is InChI=1S/C27H37N3O4/c1-32-24-12-11-22(25(33-2)26(24)34-3)19-28-14-16-30(17-15-28)27(31)23-10-7-13-29(20-23)18-21-8-5-4-6-9-21/h4-6,8-9,11-12,23H,7,10,13-20H2,1-3H3. The minimum Gasteiger partial charge on any atom is -0.493 e. The van der Waals surface area contributed by atoms with E-state index in [4.69, 9.17) is 14.2 Å². The van der Waals surface area contributed by atoms with E-state index >= 15 is 0 Å². The summed E-state index contributed by atoms with van der Waals surface area (Å²) < 4.78 is 16.6. The van der Waals surface area contributed by atoms with Crippen molar-refractivity contribution in [1.82, 2.24) is 14.7 Å². The molecule has 2 saturated heterocycles. The van der Waals surface area contributed by atoms with E-state index in [0.29, 0.717) is 23.2 Å². The Hall–Kier alpha value is -2.77. The van der Waals surface area contributed by atoms with Crippen LogP contribution in [-0.2, 0) is 17.9 Å². The topological polar surface area (TPSA) is 54.5 Å². The minimum atomic E-state index is 0.106. The lowest BCUT2D eigenvalue weighted by molar-refractivity contribution is -0.139. The van der Waals surface area contributed by atoms with Gasteiger partial charge in [-0.3, -0.25) is 14.6 Å². The SMILES string of the molecule is COc1ccc(CN2CCN(C(=O)C3CCCN(Cc4ccccc4)C3)CC2)c(OC)c1OC. The first kappa shape index (κ1) is 24.4. The normalized spacial score (nSPS) is 19.6. The van der Waals surface area contributed by atoms with Gasteiger partial charge in [-0.2, -0.15) is 0 Å². The zero-order chi connectivity index (χ0) is 23.9.